The molecule has 0 aliphatic carbocycles. The lowest BCUT2D eigenvalue weighted by Crippen LogP contribution is -2.47. The predicted molar refractivity (Wildman–Crippen MR) is 123 cm³/mol. The Morgan fingerprint density at radius 2 is 2.04 bits per heavy atom. The average Bonchev–Trinajstić information content (AvgIpc) is 3.19. The molecule has 1 unspecified atom stereocenters. The number of anilines is 1. The number of nitrogens with one attached hydrogen (secondary N) is 1. The molecule has 28 heavy (non-hydrogen) atoms. The molecule has 0 bridgehead atoms. The minimum Gasteiger partial charge on any atom is -0.379 e. The molecule has 0 radical (unpaired) electrons. The van der Waals surface area contributed by atoms with E-state index in [1.807, 2.05) is 31.1 Å². The van der Waals surface area contributed by atoms with Crippen LogP contribution in [0.25, 0.3) is 0 Å². The van der Waals surface area contributed by atoms with Crippen molar-refractivity contribution in [2.75, 3.05) is 71.5 Å². The van der Waals surface area contributed by atoms with Crippen LogP contribution in [0.1, 0.15) is 12.8 Å². The zero-order valence-electron chi connectivity index (χ0n) is 16.9. The third kappa shape index (κ3) is 6.18. The molecule has 3 rings (SSSR count). The van der Waals surface area contributed by atoms with E-state index in [0.717, 1.165) is 64.9 Å². The third-order valence-electron chi connectivity index (χ3n) is 5.45. The van der Waals surface area contributed by atoms with Crippen LogP contribution in [-0.2, 0) is 4.74 Å². The number of guanidine groups is 1. The molecule has 0 saturated carbocycles. The maximum Gasteiger partial charge on any atom is 0.193 e. The molecule has 0 amide bonds. The van der Waals surface area contributed by atoms with Gasteiger partial charge in [0.2, 0.25) is 0 Å². The number of halogens is 2. The minimum atomic E-state index is -0.171. The Labute approximate surface area is 185 Å². The first-order valence-corrected chi connectivity index (χ1v) is 9.92. The van der Waals surface area contributed by atoms with Gasteiger partial charge in [0.15, 0.2) is 5.96 Å². The summed E-state index contributed by atoms with van der Waals surface area (Å²) in [6.07, 6.45) is 2.10. The molecule has 1 aromatic rings. The summed E-state index contributed by atoms with van der Waals surface area (Å²) >= 11 is 0. The Morgan fingerprint density at radius 3 is 2.75 bits per heavy atom. The first-order chi connectivity index (χ1) is 13.2. The summed E-state index contributed by atoms with van der Waals surface area (Å²) in [7, 11) is 3.77. The number of aliphatic imine (C=N–C) groups is 1. The van der Waals surface area contributed by atoms with Crippen LogP contribution in [0, 0.1) is 5.82 Å². The van der Waals surface area contributed by atoms with Crippen LogP contribution in [0.3, 0.4) is 0 Å². The van der Waals surface area contributed by atoms with Gasteiger partial charge >= 0.3 is 0 Å². The van der Waals surface area contributed by atoms with Gasteiger partial charge in [-0.05, 0) is 25.0 Å². The highest BCUT2D eigenvalue weighted by Crippen LogP contribution is 2.18. The lowest BCUT2D eigenvalue weighted by Gasteiger charge is -2.32. The van der Waals surface area contributed by atoms with Gasteiger partial charge in [0.25, 0.3) is 0 Å². The Bertz CT molecular complexity index is 626. The number of morpholine rings is 1. The second kappa shape index (κ2) is 11.8. The second-order valence-corrected chi connectivity index (χ2v) is 7.24. The van der Waals surface area contributed by atoms with E-state index in [1.165, 1.54) is 12.5 Å². The van der Waals surface area contributed by atoms with Gasteiger partial charge in [-0.15, -0.1) is 24.0 Å². The van der Waals surface area contributed by atoms with Crippen LogP contribution in [0.2, 0.25) is 0 Å². The van der Waals surface area contributed by atoms with E-state index < -0.39 is 0 Å². The molecular formula is C20H33FIN5O. The highest BCUT2D eigenvalue weighted by Gasteiger charge is 2.30. The number of ether oxygens (including phenoxy) is 1. The molecule has 1 aromatic carbocycles. The lowest BCUT2D eigenvalue weighted by atomic mass is 10.2. The molecule has 8 heteroatoms. The first kappa shape index (κ1) is 23.2. The molecule has 2 heterocycles. The van der Waals surface area contributed by atoms with Crippen molar-refractivity contribution in [3.63, 3.8) is 0 Å². The highest BCUT2D eigenvalue weighted by molar-refractivity contribution is 14.0. The molecule has 0 spiro atoms. The second-order valence-electron chi connectivity index (χ2n) is 7.24. The molecule has 2 fully saturated rings. The van der Waals surface area contributed by atoms with E-state index in [4.69, 9.17) is 4.74 Å². The number of hydrogen-bond donors (Lipinski definition) is 1. The quantitative estimate of drug-likeness (QED) is 0.278. The van der Waals surface area contributed by atoms with Crippen molar-refractivity contribution in [2.24, 2.45) is 4.99 Å². The number of hydrogen-bond acceptors (Lipinski definition) is 4. The van der Waals surface area contributed by atoms with Crippen LogP contribution >= 0.6 is 24.0 Å². The fourth-order valence-corrected chi connectivity index (χ4v) is 3.91. The standard InChI is InChI=1S/C20H32FN5O.HI/c1-22-20(26-11-8-17(16-26)25-12-14-27-15-13-25)23-9-5-10-24(2)19-7-4-3-6-18(19)21;/h3-4,6-7,17H,5,8-16H2,1-2H3,(H,22,23);1H. The van der Waals surface area contributed by atoms with Gasteiger partial charge in [-0.3, -0.25) is 9.89 Å². The molecule has 0 aromatic heterocycles. The number of nitrogens with zero attached hydrogens (tertiary/aromatic N) is 4. The summed E-state index contributed by atoms with van der Waals surface area (Å²) in [6.45, 7) is 7.44. The van der Waals surface area contributed by atoms with Crippen molar-refractivity contribution in [2.45, 2.75) is 18.9 Å². The molecule has 2 aliphatic heterocycles. The van der Waals surface area contributed by atoms with Crippen LogP contribution in [0.4, 0.5) is 10.1 Å². The van der Waals surface area contributed by atoms with Gasteiger partial charge in [-0.2, -0.15) is 0 Å². The van der Waals surface area contributed by atoms with Crippen molar-refractivity contribution >= 4 is 35.6 Å². The third-order valence-corrected chi connectivity index (χ3v) is 5.45. The van der Waals surface area contributed by atoms with Gasteiger partial charge in [0.05, 0.1) is 18.9 Å². The highest BCUT2D eigenvalue weighted by atomic mass is 127. The number of benzene rings is 1. The Hall–Kier alpha value is -1.13. The molecule has 1 atom stereocenters. The maximum absolute atomic E-state index is 13.8. The Morgan fingerprint density at radius 1 is 1.29 bits per heavy atom. The minimum absolute atomic E-state index is 0. The molecule has 2 aliphatic rings. The van der Waals surface area contributed by atoms with Crippen molar-refractivity contribution in [1.82, 2.24) is 15.1 Å². The fourth-order valence-electron chi connectivity index (χ4n) is 3.91. The number of rotatable bonds is 6. The largest absolute Gasteiger partial charge is 0.379 e. The summed E-state index contributed by atoms with van der Waals surface area (Å²) in [5.74, 6) is 0.800. The van der Waals surface area contributed by atoms with Gasteiger partial charge in [-0.25, -0.2) is 4.39 Å². The average molecular weight is 505 g/mol. The van der Waals surface area contributed by atoms with Crippen LogP contribution in [0.5, 0.6) is 0 Å². The molecule has 6 nitrogen and oxygen atoms in total. The van der Waals surface area contributed by atoms with E-state index in [2.05, 4.69) is 20.1 Å². The smallest absolute Gasteiger partial charge is 0.193 e. The first-order valence-electron chi connectivity index (χ1n) is 9.92. The lowest BCUT2D eigenvalue weighted by molar-refractivity contribution is 0.0195. The van der Waals surface area contributed by atoms with Crippen molar-refractivity contribution in [3.8, 4) is 0 Å². The van der Waals surface area contributed by atoms with E-state index >= 15 is 0 Å². The van der Waals surface area contributed by atoms with Gasteiger partial charge in [-0.1, -0.05) is 12.1 Å². The normalized spacial score (nSPS) is 20.8. The molecule has 158 valence electrons. The number of para-hydroxylation sites is 1. The molecular weight excluding hydrogens is 472 g/mol. The Kier molecular flexibility index (Phi) is 9.73. The van der Waals surface area contributed by atoms with E-state index in [0.29, 0.717) is 11.7 Å². The summed E-state index contributed by atoms with van der Waals surface area (Å²) in [5, 5.41) is 3.47. The monoisotopic (exact) mass is 505 g/mol. The summed E-state index contributed by atoms with van der Waals surface area (Å²) in [4.78, 5) is 11.3. The maximum atomic E-state index is 13.8. The van der Waals surface area contributed by atoms with Gasteiger partial charge < -0.3 is 19.9 Å². The zero-order chi connectivity index (χ0) is 19.1. The van der Waals surface area contributed by atoms with Crippen molar-refractivity contribution in [3.05, 3.63) is 30.1 Å². The SMILES string of the molecule is CN=C(NCCCN(C)c1ccccc1F)N1CCC(N2CCOCC2)C1.I. The van der Waals surface area contributed by atoms with E-state index in [9.17, 15) is 4.39 Å². The van der Waals surface area contributed by atoms with Crippen LogP contribution in [0.15, 0.2) is 29.3 Å². The summed E-state index contributed by atoms with van der Waals surface area (Å²) in [6, 6.07) is 7.51. The van der Waals surface area contributed by atoms with Gasteiger partial charge in [0, 0.05) is 59.4 Å². The molecule has 1 N–H and O–H groups in total. The number of likely N-dealkylation sites (tertiary alicyclic amines) is 1. The van der Waals surface area contributed by atoms with E-state index in [-0.39, 0.29) is 29.8 Å². The Balaban J connectivity index is 0.00000280. The fraction of sp³-hybridized carbons (Fsp3) is 0.650. The van der Waals surface area contributed by atoms with Crippen LogP contribution in [-0.4, -0.2) is 88.4 Å². The summed E-state index contributed by atoms with van der Waals surface area (Å²) < 4.78 is 19.3. The van der Waals surface area contributed by atoms with Crippen molar-refractivity contribution in [1.29, 1.82) is 0 Å². The van der Waals surface area contributed by atoms with Gasteiger partial charge in [0.1, 0.15) is 5.82 Å². The predicted octanol–water partition coefficient (Wildman–Crippen LogP) is 2.25. The molecule has 2 saturated heterocycles. The topological polar surface area (TPSA) is 43.3 Å². The van der Waals surface area contributed by atoms with E-state index in [1.54, 1.807) is 6.07 Å². The zero-order valence-corrected chi connectivity index (χ0v) is 19.3. The van der Waals surface area contributed by atoms with Crippen molar-refractivity contribution < 1.29 is 9.13 Å². The summed E-state index contributed by atoms with van der Waals surface area (Å²) in [5.41, 5.74) is 0.648. The van der Waals surface area contributed by atoms with Crippen LogP contribution < -0.4 is 10.2 Å².